The molecule has 0 bridgehead atoms. The van der Waals surface area contributed by atoms with Crippen LogP contribution in [0.3, 0.4) is 0 Å². The molecule has 1 fully saturated rings. The molecule has 4 rings (SSSR count). The van der Waals surface area contributed by atoms with Gasteiger partial charge in [-0.1, -0.05) is 18.7 Å². The number of benzene rings is 2. The number of hydrogen-bond acceptors (Lipinski definition) is 8. The SMILES string of the molecule is C=CC(=O)Nc1cccc(-c2nc(Nc3ccc(N4CCOCC4)cc3)nc(NPI)c2C=N)c1. The summed E-state index contributed by atoms with van der Waals surface area (Å²) in [5.41, 5.74) is 4.50. The lowest BCUT2D eigenvalue weighted by molar-refractivity contribution is -0.111. The Balaban J connectivity index is 1.66. The van der Waals surface area contributed by atoms with Gasteiger partial charge >= 0.3 is 0 Å². The summed E-state index contributed by atoms with van der Waals surface area (Å²) in [6.07, 6.45) is 2.82. The molecular weight excluding hydrogens is 576 g/mol. The van der Waals surface area contributed by atoms with Gasteiger partial charge in [0, 0.05) is 48.3 Å². The minimum absolute atomic E-state index is 0.298. The van der Waals surface area contributed by atoms with E-state index in [9.17, 15) is 4.79 Å². The van der Waals surface area contributed by atoms with Crippen molar-refractivity contribution >= 4 is 69.4 Å². The number of anilines is 5. The van der Waals surface area contributed by atoms with Crippen molar-refractivity contribution in [3.8, 4) is 11.3 Å². The van der Waals surface area contributed by atoms with E-state index in [4.69, 9.17) is 15.1 Å². The third-order valence-electron chi connectivity index (χ3n) is 5.34. The summed E-state index contributed by atoms with van der Waals surface area (Å²) < 4.78 is 5.44. The number of carbonyl (C=O) groups excluding carboxylic acids is 1. The van der Waals surface area contributed by atoms with E-state index in [0.29, 0.717) is 35.1 Å². The van der Waals surface area contributed by atoms with Gasteiger partial charge in [-0.3, -0.25) is 4.79 Å². The molecule has 2 heterocycles. The maximum absolute atomic E-state index is 11.8. The molecule has 9 nitrogen and oxygen atoms in total. The third kappa shape index (κ3) is 6.33. The number of halogens is 1. The van der Waals surface area contributed by atoms with E-state index in [1.54, 1.807) is 6.07 Å². The van der Waals surface area contributed by atoms with Crippen LogP contribution in [0.1, 0.15) is 5.56 Å². The average Bonchev–Trinajstić information content (AvgIpc) is 2.89. The van der Waals surface area contributed by atoms with Crippen LogP contribution >= 0.6 is 28.4 Å². The second kappa shape index (κ2) is 12.1. The Labute approximate surface area is 218 Å². The van der Waals surface area contributed by atoms with E-state index in [1.165, 1.54) is 12.3 Å². The highest BCUT2D eigenvalue weighted by Crippen LogP contribution is 2.33. The molecule has 0 radical (unpaired) electrons. The van der Waals surface area contributed by atoms with E-state index in [1.807, 2.05) is 30.3 Å². The van der Waals surface area contributed by atoms with Crippen LogP contribution in [0.2, 0.25) is 0 Å². The summed E-state index contributed by atoms with van der Waals surface area (Å²) >= 11 is 2.22. The van der Waals surface area contributed by atoms with Crippen LogP contribution in [-0.2, 0) is 9.53 Å². The van der Waals surface area contributed by atoms with Crippen molar-refractivity contribution in [2.45, 2.75) is 0 Å². The standard InChI is InChI=1S/C24H25IN7O2P/c1-2-21(33)27-18-5-3-4-16(14-18)22-20(15-26)23(31-35-25)30-24(29-22)28-17-6-8-19(9-7-17)32-10-12-34-13-11-32/h2-9,14-15,26,35H,1,10-13H2,(H,27,33)(H2,28,29,30,31). The van der Waals surface area contributed by atoms with Crippen molar-refractivity contribution in [1.82, 2.24) is 9.97 Å². The number of hydrogen-bond donors (Lipinski definition) is 4. The van der Waals surface area contributed by atoms with Crippen molar-refractivity contribution < 1.29 is 9.53 Å². The fourth-order valence-electron chi connectivity index (χ4n) is 3.67. The van der Waals surface area contributed by atoms with Crippen molar-refractivity contribution in [2.75, 3.05) is 46.9 Å². The number of aromatic nitrogens is 2. The zero-order valence-electron chi connectivity index (χ0n) is 18.8. The molecule has 1 unspecified atom stereocenters. The van der Waals surface area contributed by atoms with E-state index in [0.717, 1.165) is 43.2 Å². The summed E-state index contributed by atoms with van der Waals surface area (Å²) in [6.45, 7) is 6.72. The Morgan fingerprint density at radius 2 is 1.91 bits per heavy atom. The molecule has 1 aliphatic heterocycles. The maximum Gasteiger partial charge on any atom is 0.247 e. The molecule has 1 amide bonds. The van der Waals surface area contributed by atoms with Gasteiger partial charge in [-0.05, 0) is 64.5 Å². The number of carbonyl (C=O) groups is 1. The molecule has 0 aliphatic carbocycles. The van der Waals surface area contributed by atoms with Crippen molar-refractivity contribution in [1.29, 1.82) is 5.41 Å². The van der Waals surface area contributed by atoms with Gasteiger partial charge in [0.25, 0.3) is 0 Å². The summed E-state index contributed by atoms with van der Waals surface area (Å²) in [5, 5.41) is 17.3. The Morgan fingerprint density at radius 1 is 1.14 bits per heavy atom. The first-order valence-corrected chi connectivity index (χ1v) is 15.0. The van der Waals surface area contributed by atoms with Crippen molar-refractivity contribution in [3.63, 3.8) is 0 Å². The molecule has 4 N–H and O–H groups in total. The second-order valence-corrected chi connectivity index (χ2v) is 9.62. The fourth-order valence-corrected chi connectivity index (χ4v) is 4.71. The molecule has 1 saturated heterocycles. The summed E-state index contributed by atoms with van der Waals surface area (Å²) in [7, 11) is 0. The van der Waals surface area contributed by atoms with Gasteiger partial charge < -0.3 is 30.8 Å². The number of nitrogens with one attached hydrogen (secondary N) is 4. The van der Waals surface area contributed by atoms with Gasteiger partial charge in [-0.2, -0.15) is 4.98 Å². The lowest BCUT2D eigenvalue weighted by Crippen LogP contribution is -2.36. The highest BCUT2D eigenvalue weighted by Gasteiger charge is 2.16. The van der Waals surface area contributed by atoms with Gasteiger partial charge in [0.15, 0.2) is 0 Å². The lowest BCUT2D eigenvalue weighted by atomic mass is 10.1. The van der Waals surface area contributed by atoms with Crippen molar-refractivity contribution in [3.05, 3.63) is 66.7 Å². The molecule has 180 valence electrons. The van der Waals surface area contributed by atoms with E-state index >= 15 is 0 Å². The van der Waals surface area contributed by atoms with Crippen LogP contribution in [-0.4, -0.2) is 48.4 Å². The van der Waals surface area contributed by atoms with Gasteiger partial charge in [0.05, 0.1) is 24.5 Å². The first-order chi connectivity index (χ1) is 17.1. The quantitative estimate of drug-likeness (QED) is 0.115. The molecule has 1 aromatic heterocycles. The monoisotopic (exact) mass is 601 g/mol. The number of rotatable bonds is 9. The first-order valence-electron chi connectivity index (χ1n) is 10.9. The van der Waals surface area contributed by atoms with E-state index in [2.05, 4.69) is 66.4 Å². The Morgan fingerprint density at radius 3 is 2.60 bits per heavy atom. The molecular formula is C24H25IN7O2P. The minimum Gasteiger partial charge on any atom is -0.378 e. The molecule has 0 spiro atoms. The van der Waals surface area contributed by atoms with Crippen LogP contribution < -0.4 is 20.6 Å². The maximum atomic E-state index is 11.8. The zero-order chi connectivity index (χ0) is 24.6. The summed E-state index contributed by atoms with van der Waals surface area (Å²) in [4.78, 5) is 23.4. The lowest BCUT2D eigenvalue weighted by Gasteiger charge is -2.28. The van der Waals surface area contributed by atoms with Crippen molar-refractivity contribution in [2.24, 2.45) is 0 Å². The van der Waals surface area contributed by atoms with Gasteiger partial charge in [0.2, 0.25) is 11.9 Å². The first kappa shape index (κ1) is 25.0. The fraction of sp³-hybridized carbons (Fsp3) is 0.167. The Bertz CT molecular complexity index is 1220. The van der Waals surface area contributed by atoms with Crippen LogP contribution in [0, 0.1) is 5.41 Å². The number of nitrogens with zero attached hydrogens (tertiary/aromatic N) is 3. The Hall–Kier alpha value is -3.08. The zero-order valence-corrected chi connectivity index (χ0v) is 22.0. The summed E-state index contributed by atoms with van der Waals surface area (Å²) in [5.74, 6) is 0.668. The normalized spacial score (nSPS) is 13.5. The van der Waals surface area contributed by atoms with Gasteiger partial charge in [-0.25, -0.2) is 4.98 Å². The average molecular weight is 601 g/mol. The molecule has 35 heavy (non-hydrogen) atoms. The predicted octanol–water partition coefficient (Wildman–Crippen LogP) is 5.20. The van der Waals surface area contributed by atoms with Crippen LogP contribution in [0.4, 0.5) is 28.8 Å². The molecule has 0 saturated carbocycles. The highest BCUT2D eigenvalue weighted by molar-refractivity contribution is 14.2. The highest BCUT2D eigenvalue weighted by atomic mass is 127. The summed E-state index contributed by atoms with van der Waals surface area (Å²) in [6, 6.07) is 15.4. The molecule has 2 aromatic carbocycles. The predicted molar refractivity (Wildman–Crippen MR) is 153 cm³/mol. The molecule has 11 heteroatoms. The largest absolute Gasteiger partial charge is 0.378 e. The van der Waals surface area contributed by atoms with Gasteiger partial charge in [-0.15, -0.1) is 0 Å². The van der Waals surface area contributed by atoms with Crippen LogP contribution in [0.25, 0.3) is 11.3 Å². The smallest absolute Gasteiger partial charge is 0.247 e. The third-order valence-corrected chi connectivity index (χ3v) is 6.48. The molecule has 1 atom stereocenters. The van der Waals surface area contributed by atoms with E-state index in [-0.39, 0.29) is 5.91 Å². The van der Waals surface area contributed by atoms with Crippen LogP contribution in [0.15, 0.2) is 61.2 Å². The van der Waals surface area contributed by atoms with Crippen LogP contribution in [0.5, 0.6) is 0 Å². The van der Waals surface area contributed by atoms with E-state index < -0.39 is 0 Å². The number of amides is 1. The minimum atomic E-state index is -0.298. The number of ether oxygens (including phenoxy) is 1. The topological polar surface area (TPSA) is 115 Å². The number of morpholine rings is 1. The Kier molecular flexibility index (Phi) is 8.62. The van der Waals surface area contributed by atoms with Gasteiger partial charge in [0.1, 0.15) is 5.82 Å². The molecule has 3 aromatic rings. The molecule has 1 aliphatic rings. The second-order valence-electron chi connectivity index (χ2n) is 7.57.